The standard InChI is InChI=1S/C22H20N6O2S/c1-13-19(26-25-18-11-9-17(10-12-18)23-15(3)29)21(30)28(27-13)22-24-20(14(2)31-22)16-7-5-4-6-8-16/h4-12,27H,1-3H3,(H,23,29). The molecule has 0 bridgehead atoms. The predicted molar refractivity (Wildman–Crippen MR) is 122 cm³/mol. The fourth-order valence-corrected chi connectivity index (χ4v) is 3.95. The molecule has 1 amide bonds. The quantitative estimate of drug-likeness (QED) is 0.419. The van der Waals surface area contributed by atoms with Gasteiger partial charge in [0.1, 0.15) is 0 Å². The van der Waals surface area contributed by atoms with E-state index in [2.05, 4.69) is 25.6 Å². The van der Waals surface area contributed by atoms with Gasteiger partial charge in [-0.1, -0.05) is 41.7 Å². The molecule has 156 valence electrons. The van der Waals surface area contributed by atoms with Crippen molar-refractivity contribution in [1.29, 1.82) is 0 Å². The first-order valence-electron chi connectivity index (χ1n) is 9.56. The van der Waals surface area contributed by atoms with Crippen LogP contribution in [0.15, 0.2) is 69.6 Å². The minimum Gasteiger partial charge on any atom is -0.326 e. The summed E-state index contributed by atoms with van der Waals surface area (Å²) in [7, 11) is 0. The minimum atomic E-state index is -0.315. The van der Waals surface area contributed by atoms with Crippen LogP contribution in [0.1, 0.15) is 17.5 Å². The second-order valence-electron chi connectivity index (χ2n) is 6.92. The summed E-state index contributed by atoms with van der Waals surface area (Å²) in [6.07, 6.45) is 0. The van der Waals surface area contributed by atoms with Gasteiger partial charge in [0.2, 0.25) is 11.0 Å². The number of aryl methyl sites for hydroxylation is 2. The molecule has 0 aliphatic heterocycles. The summed E-state index contributed by atoms with van der Waals surface area (Å²) in [6.45, 7) is 5.19. The summed E-state index contributed by atoms with van der Waals surface area (Å²) in [4.78, 5) is 29.7. The number of azo groups is 1. The highest BCUT2D eigenvalue weighted by Gasteiger charge is 2.17. The van der Waals surface area contributed by atoms with Crippen LogP contribution in [-0.4, -0.2) is 20.7 Å². The van der Waals surface area contributed by atoms with Gasteiger partial charge in [-0.25, -0.2) is 4.98 Å². The molecule has 9 heteroatoms. The third kappa shape index (κ3) is 4.36. The van der Waals surface area contributed by atoms with E-state index in [1.807, 2.05) is 37.3 Å². The molecular weight excluding hydrogens is 412 g/mol. The van der Waals surface area contributed by atoms with Crippen LogP contribution in [0.2, 0.25) is 0 Å². The van der Waals surface area contributed by atoms with Crippen LogP contribution < -0.4 is 10.9 Å². The van der Waals surface area contributed by atoms with Crippen LogP contribution in [0.25, 0.3) is 16.4 Å². The van der Waals surface area contributed by atoms with Crippen molar-refractivity contribution >= 4 is 34.3 Å². The predicted octanol–water partition coefficient (Wildman–Crippen LogP) is 5.28. The average molecular weight is 433 g/mol. The maximum Gasteiger partial charge on any atom is 0.301 e. The van der Waals surface area contributed by atoms with Crippen LogP contribution in [-0.2, 0) is 4.79 Å². The molecule has 4 rings (SSSR count). The largest absolute Gasteiger partial charge is 0.326 e. The molecule has 0 fully saturated rings. The lowest BCUT2D eigenvalue weighted by molar-refractivity contribution is -0.114. The number of rotatable bonds is 5. The first kappa shape index (κ1) is 20.4. The summed E-state index contributed by atoms with van der Waals surface area (Å²) in [5.41, 5.74) is 3.59. The van der Waals surface area contributed by atoms with Crippen LogP contribution >= 0.6 is 11.3 Å². The monoisotopic (exact) mass is 432 g/mol. The van der Waals surface area contributed by atoms with Gasteiger partial charge in [-0.3, -0.25) is 14.7 Å². The zero-order valence-electron chi connectivity index (χ0n) is 17.2. The van der Waals surface area contributed by atoms with E-state index in [1.54, 1.807) is 31.2 Å². The smallest absolute Gasteiger partial charge is 0.301 e. The lowest BCUT2D eigenvalue weighted by Gasteiger charge is -2.00. The van der Waals surface area contributed by atoms with Gasteiger partial charge in [0, 0.05) is 23.1 Å². The molecule has 0 saturated carbocycles. The summed E-state index contributed by atoms with van der Waals surface area (Å²) >= 11 is 1.43. The number of carbonyl (C=O) groups is 1. The van der Waals surface area contributed by atoms with Crippen LogP contribution in [0.5, 0.6) is 0 Å². The molecule has 0 radical (unpaired) electrons. The van der Waals surface area contributed by atoms with Crippen molar-refractivity contribution in [2.75, 3.05) is 5.32 Å². The zero-order valence-corrected chi connectivity index (χ0v) is 18.0. The number of hydrogen-bond donors (Lipinski definition) is 2. The molecule has 0 spiro atoms. The van der Waals surface area contributed by atoms with E-state index in [9.17, 15) is 9.59 Å². The molecule has 0 saturated heterocycles. The van der Waals surface area contributed by atoms with Crippen LogP contribution in [0.3, 0.4) is 0 Å². The second-order valence-corrected chi connectivity index (χ2v) is 8.10. The van der Waals surface area contributed by atoms with Crippen molar-refractivity contribution in [2.24, 2.45) is 10.2 Å². The molecule has 31 heavy (non-hydrogen) atoms. The summed E-state index contributed by atoms with van der Waals surface area (Å²) in [5, 5.41) is 14.6. The Balaban J connectivity index is 1.62. The van der Waals surface area contributed by atoms with E-state index in [0.29, 0.717) is 22.2 Å². The van der Waals surface area contributed by atoms with E-state index in [0.717, 1.165) is 16.1 Å². The Morgan fingerprint density at radius 2 is 1.77 bits per heavy atom. The second kappa shape index (κ2) is 8.49. The van der Waals surface area contributed by atoms with Crippen molar-refractivity contribution in [3.63, 3.8) is 0 Å². The lowest BCUT2D eigenvalue weighted by Crippen LogP contribution is -2.13. The van der Waals surface area contributed by atoms with Crippen molar-refractivity contribution < 1.29 is 4.79 Å². The number of thiazole rings is 1. The Kier molecular flexibility index (Phi) is 5.59. The Morgan fingerprint density at radius 3 is 2.45 bits per heavy atom. The van der Waals surface area contributed by atoms with Gasteiger partial charge in [-0.2, -0.15) is 9.80 Å². The van der Waals surface area contributed by atoms with Crippen LogP contribution in [0.4, 0.5) is 17.1 Å². The number of amides is 1. The van der Waals surface area contributed by atoms with E-state index in [4.69, 9.17) is 0 Å². The molecule has 0 aliphatic rings. The molecule has 2 heterocycles. The number of aromatic nitrogens is 3. The summed E-state index contributed by atoms with van der Waals surface area (Å²) in [5.74, 6) is -0.147. The zero-order chi connectivity index (χ0) is 22.0. The molecule has 0 aliphatic carbocycles. The maximum atomic E-state index is 12.9. The lowest BCUT2D eigenvalue weighted by atomic mass is 10.1. The molecule has 0 atom stereocenters. The van der Waals surface area contributed by atoms with E-state index in [1.165, 1.54) is 22.9 Å². The number of nitrogens with zero attached hydrogens (tertiary/aromatic N) is 4. The van der Waals surface area contributed by atoms with Gasteiger partial charge in [0.25, 0.3) is 0 Å². The highest BCUT2D eigenvalue weighted by molar-refractivity contribution is 7.14. The minimum absolute atomic E-state index is 0.147. The molecule has 2 aromatic heterocycles. The molecule has 4 aromatic rings. The number of carbonyl (C=O) groups excluding carboxylic acids is 1. The maximum absolute atomic E-state index is 12.9. The number of nitrogens with one attached hydrogen (secondary N) is 2. The number of H-pyrrole nitrogens is 1. The van der Waals surface area contributed by atoms with Gasteiger partial charge in [0.05, 0.1) is 17.1 Å². The molecular formula is C22H20N6O2S. The van der Waals surface area contributed by atoms with Gasteiger partial charge < -0.3 is 5.32 Å². The van der Waals surface area contributed by atoms with E-state index < -0.39 is 0 Å². The number of aromatic amines is 1. The van der Waals surface area contributed by atoms with Gasteiger partial charge in [-0.05, 0) is 38.1 Å². The number of hydrogen-bond acceptors (Lipinski definition) is 6. The van der Waals surface area contributed by atoms with Crippen LogP contribution in [0, 0.1) is 13.8 Å². The fourth-order valence-electron chi connectivity index (χ4n) is 3.05. The summed E-state index contributed by atoms with van der Waals surface area (Å²) in [6, 6.07) is 16.7. The normalized spacial score (nSPS) is 11.2. The van der Waals surface area contributed by atoms with Gasteiger partial charge in [-0.15, -0.1) is 5.11 Å². The Bertz CT molecular complexity index is 1320. The topological polar surface area (TPSA) is 104 Å². The number of benzene rings is 2. The Hall–Kier alpha value is -3.85. The highest BCUT2D eigenvalue weighted by atomic mass is 32.1. The van der Waals surface area contributed by atoms with Gasteiger partial charge >= 0.3 is 5.56 Å². The highest BCUT2D eigenvalue weighted by Crippen LogP contribution is 2.29. The fraction of sp³-hybridized carbons (Fsp3) is 0.136. The molecule has 2 N–H and O–H groups in total. The van der Waals surface area contributed by atoms with Crippen molar-refractivity contribution in [2.45, 2.75) is 20.8 Å². The SMILES string of the molecule is CC(=O)Nc1ccc(N=Nc2c(C)[nH]n(-c3nc(-c4ccccc4)c(C)s3)c2=O)cc1. The first-order chi connectivity index (χ1) is 14.9. The Labute approximate surface area is 182 Å². The van der Waals surface area contributed by atoms with E-state index in [-0.39, 0.29) is 17.2 Å². The molecule has 0 unspecified atom stereocenters. The molecule has 2 aromatic carbocycles. The first-order valence-corrected chi connectivity index (χ1v) is 10.4. The number of anilines is 1. The Morgan fingerprint density at radius 1 is 1.06 bits per heavy atom. The summed E-state index contributed by atoms with van der Waals surface area (Å²) < 4.78 is 1.40. The molecule has 8 nitrogen and oxygen atoms in total. The van der Waals surface area contributed by atoms with Crippen molar-refractivity contribution in [1.82, 2.24) is 14.8 Å². The third-order valence-electron chi connectivity index (χ3n) is 4.52. The van der Waals surface area contributed by atoms with Crippen molar-refractivity contribution in [3.05, 3.63) is 75.5 Å². The van der Waals surface area contributed by atoms with Gasteiger partial charge in [0.15, 0.2) is 5.69 Å². The third-order valence-corrected chi connectivity index (χ3v) is 5.47. The van der Waals surface area contributed by atoms with Crippen molar-refractivity contribution in [3.8, 4) is 16.4 Å². The average Bonchev–Trinajstić information content (AvgIpc) is 3.27. The van der Waals surface area contributed by atoms with E-state index >= 15 is 0 Å².